The van der Waals surface area contributed by atoms with Gasteiger partial charge in [0.25, 0.3) is 0 Å². The quantitative estimate of drug-likeness (QED) is 0.693. The molecule has 2 rings (SSSR count). The van der Waals surface area contributed by atoms with Gasteiger partial charge in [0.15, 0.2) is 0 Å². The Morgan fingerprint density at radius 1 is 1.55 bits per heavy atom. The van der Waals surface area contributed by atoms with Crippen LogP contribution >= 0.6 is 0 Å². The van der Waals surface area contributed by atoms with E-state index in [-0.39, 0.29) is 18.6 Å². The molecular weight excluding hydrogens is 254 g/mol. The van der Waals surface area contributed by atoms with E-state index in [0.717, 1.165) is 24.1 Å². The fourth-order valence-electron chi connectivity index (χ4n) is 2.39. The van der Waals surface area contributed by atoms with Crippen LogP contribution in [0.5, 0.6) is 0 Å². The van der Waals surface area contributed by atoms with Crippen molar-refractivity contribution in [2.75, 3.05) is 18.5 Å². The molecule has 1 saturated carbocycles. The molecule has 0 spiro atoms. The molecule has 0 aliphatic heterocycles. The lowest BCUT2D eigenvalue weighted by Gasteiger charge is -2.27. The van der Waals surface area contributed by atoms with E-state index in [4.69, 9.17) is 10.8 Å². The summed E-state index contributed by atoms with van der Waals surface area (Å²) < 4.78 is 0. The van der Waals surface area contributed by atoms with Crippen molar-refractivity contribution < 1.29 is 9.90 Å². The Bertz CT molecular complexity index is 460. The lowest BCUT2D eigenvalue weighted by atomic mass is 10.2. The highest BCUT2D eigenvalue weighted by molar-refractivity contribution is 5.94. The summed E-state index contributed by atoms with van der Waals surface area (Å²) in [5.41, 5.74) is 7.36. The maximum absolute atomic E-state index is 12.3. The van der Waals surface area contributed by atoms with Crippen molar-refractivity contribution in [1.82, 2.24) is 4.90 Å². The Hall–Kier alpha value is -1.43. The van der Waals surface area contributed by atoms with Crippen LogP contribution in [0.3, 0.4) is 0 Å². The topological polar surface area (TPSA) is 78.6 Å². The van der Waals surface area contributed by atoms with Gasteiger partial charge in [-0.15, -0.1) is 0 Å². The normalized spacial score (nSPS) is 16.2. The second-order valence-corrected chi connectivity index (χ2v) is 5.26. The zero-order chi connectivity index (χ0) is 14.5. The summed E-state index contributed by atoms with van der Waals surface area (Å²) in [6.07, 6.45) is 2.22. The summed E-state index contributed by atoms with van der Waals surface area (Å²) in [7, 11) is 0. The van der Waals surface area contributed by atoms with E-state index in [1.54, 1.807) is 0 Å². The predicted molar refractivity (Wildman–Crippen MR) is 79.2 cm³/mol. The molecule has 5 heteroatoms. The van der Waals surface area contributed by atoms with Gasteiger partial charge < -0.3 is 16.2 Å². The van der Waals surface area contributed by atoms with E-state index in [1.807, 2.05) is 31.2 Å². The van der Waals surface area contributed by atoms with Gasteiger partial charge in [-0.2, -0.15) is 0 Å². The van der Waals surface area contributed by atoms with Gasteiger partial charge in [0.2, 0.25) is 5.91 Å². The van der Waals surface area contributed by atoms with Crippen LogP contribution in [0, 0.1) is 0 Å². The molecule has 1 aromatic rings. The molecule has 1 fully saturated rings. The third-order valence-electron chi connectivity index (χ3n) is 3.68. The first-order valence-electron chi connectivity index (χ1n) is 7.12. The van der Waals surface area contributed by atoms with Crippen molar-refractivity contribution in [1.29, 1.82) is 0 Å². The Morgan fingerprint density at radius 3 is 2.90 bits per heavy atom. The van der Waals surface area contributed by atoms with Crippen molar-refractivity contribution in [3.63, 3.8) is 0 Å². The van der Waals surface area contributed by atoms with E-state index in [2.05, 4.69) is 10.2 Å². The number of amides is 1. The molecule has 1 unspecified atom stereocenters. The fraction of sp³-hybridized carbons (Fsp3) is 0.533. The maximum atomic E-state index is 12.3. The number of nitrogens with two attached hydrogens (primary N) is 1. The number of hydrogen-bond donors (Lipinski definition) is 3. The van der Waals surface area contributed by atoms with Crippen molar-refractivity contribution in [3.8, 4) is 0 Å². The van der Waals surface area contributed by atoms with Gasteiger partial charge in [0.05, 0.1) is 12.6 Å². The molecule has 4 N–H and O–H groups in total. The molecule has 0 radical (unpaired) electrons. The first kappa shape index (κ1) is 15.0. The number of aliphatic hydroxyl groups excluding tert-OH is 1. The molecule has 0 heterocycles. The van der Waals surface area contributed by atoms with Crippen LogP contribution in [0.25, 0.3) is 0 Å². The zero-order valence-electron chi connectivity index (χ0n) is 11.9. The second kappa shape index (κ2) is 6.83. The number of rotatable bonds is 7. The van der Waals surface area contributed by atoms with Crippen LogP contribution in [0.4, 0.5) is 5.69 Å². The molecule has 1 aliphatic rings. The standard InChI is InChI=1S/C15H23N3O2/c1-11(18(7-8-19)14-5-6-14)15(20)17-13-4-2-3-12(9-13)10-16/h2-4,9,11,14,19H,5-8,10,16H2,1H3,(H,17,20). The lowest BCUT2D eigenvalue weighted by Crippen LogP contribution is -2.44. The first-order chi connectivity index (χ1) is 9.65. The highest BCUT2D eigenvalue weighted by atomic mass is 16.3. The van der Waals surface area contributed by atoms with Crippen molar-refractivity contribution >= 4 is 11.6 Å². The summed E-state index contributed by atoms with van der Waals surface area (Å²) in [5.74, 6) is -0.0421. The van der Waals surface area contributed by atoms with E-state index >= 15 is 0 Å². The third kappa shape index (κ3) is 3.79. The van der Waals surface area contributed by atoms with Crippen molar-refractivity contribution in [3.05, 3.63) is 29.8 Å². The van der Waals surface area contributed by atoms with Gasteiger partial charge in [-0.3, -0.25) is 9.69 Å². The summed E-state index contributed by atoms with van der Waals surface area (Å²) in [4.78, 5) is 14.4. The van der Waals surface area contributed by atoms with Gasteiger partial charge >= 0.3 is 0 Å². The molecule has 1 atom stereocenters. The van der Waals surface area contributed by atoms with Crippen molar-refractivity contribution in [2.24, 2.45) is 5.73 Å². The van der Waals surface area contributed by atoms with E-state index < -0.39 is 0 Å². The molecular formula is C15H23N3O2. The molecule has 1 aliphatic carbocycles. The largest absolute Gasteiger partial charge is 0.395 e. The average Bonchev–Trinajstić information content (AvgIpc) is 3.28. The SMILES string of the molecule is CC(C(=O)Nc1cccc(CN)c1)N(CCO)C1CC1. The lowest BCUT2D eigenvalue weighted by molar-refractivity contribution is -0.121. The van der Waals surface area contributed by atoms with Crippen LogP contribution < -0.4 is 11.1 Å². The first-order valence-corrected chi connectivity index (χ1v) is 7.12. The molecule has 1 aromatic carbocycles. The van der Waals surface area contributed by atoms with E-state index in [1.165, 1.54) is 0 Å². The molecule has 0 bridgehead atoms. The number of nitrogens with zero attached hydrogens (tertiary/aromatic N) is 1. The number of benzene rings is 1. The van der Waals surface area contributed by atoms with Gasteiger partial charge in [0.1, 0.15) is 0 Å². The number of nitrogens with one attached hydrogen (secondary N) is 1. The summed E-state index contributed by atoms with van der Waals surface area (Å²) in [5, 5.41) is 12.0. The number of aliphatic hydroxyl groups is 1. The van der Waals surface area contributed by atoms with Gasteiger partial charge in [-0.05, 0) is 37.5 Å². The summed E-state index contributed by atoms with van der Waals surface area (Å²) in [6.45, 7) is 2.97. The van der Waals surface area contributed by atoms with Crippen LogP contribution in [0.15, 0.2) is 24.3 Å². The van der Waals surface area contributed by atoms with Crippen LogP contribution in [-0.2, 0) is 11.3 Å². The minimum Gasteiger partial charge on any atom is -0.395 e. The Balaban J connectivity index is 1.98. The monoisotopic (exact) mass is 277 g/mol. The average molecular weight is 277 g/mol. The molecule has 0 saturated heterocycles. The predicted octanol–water partition coefficient (Wildman–Crippen LogP) is 0.929. The smallest absolute Gasteiger partial charge is 0.241 e. The summed E-state index contributed by atoms with van der Waals surface area (Å²) >= 11 is 0. The number of anilines is 1. The third-order valence-corrected chi connectivity index (χ3v) is 3.68. The fourth-order valence-corrected chi connectivity index (χ4v) is 2.39. The molecule has 5 nitrogen and oxygen atoms in total. The molecule has 1 amide bonds. The van der Waals surface area contributed by atoms with Crippen molar-refractivity contribution in [2.45, 2.75) is 38.4 Å². The van der Waals surface area contributed by atoms with E-state index in [9.17, 15) is 4.79 Å². The molecule has 20 heavy (non-hydrogen) atoms. The second-order valence-electron chi connectivity index (χ2n) is 5.26. The highest BCUT2D eigenvalue weighted by Crippen LogP contribution is 2.28. The maximum Gasteiger partial charge on any atom is 0.241 e. The van der Waals surface area contributed by atoms with E-state index in [0.29, 0.717) is 19.1 Å². The number of carbonyl (C=O) groups excluding carboxylic acids is 1. The van der Waals surface area contributed by atoms with Gasteiger partial charge in [-0.1, -0.05) is 12.1 Å². The highest BCUT2D eigenvalue weighted by Gasteiger charge is 2.34. The number of carbonyl (C=O) groups is 1. The van der Waals surface area contributed by atoms with Crippen LogP contribution in [-0.4, -0.2) is 41.1 Å². The van der Waals surface area contributed by atoms with Gasteiger partial charge in [-0.25, -0.2) is 0 Å². The minimum atomic E-state index is -0.240. The molecule has 0 aromatic heterocycles. The molecule has 110 valence electrons. The Labute approximate surface area is 119 Å². The Morgan fingerprint density at radius 2 is 2.30 bits per heavy atom. The minimum absolute atomic E-state index is 0.0421. The zero-order valence-corrected chi connectivity index (χ0v) is 11.9. The van der Waals surface area contributed by atoms with Crippen LogP contribution in [0.2, 0.25) is 0 Å². The Kier molecular flexibility index (Phi) is 5.11. The van der Waals surface area contributed by atoms with Crippen LogP contribution in [0.1, 0.15) is 25.3 Å². The number of hydrogen-bond acceptors (Lipinski definition) is 4. The summed E-state index contributed by atoms with van der Waals surface area (Å²) in [6, 6.07) is 7.76. The van der Waals surface area contributed by atoms with Gasteiger partial charge in [0, 0.05) is 24.8 Å².